The Morgan fingerprint density at radius 3 is 2.47 bits per heavy atom. The molecule has 0 spiro atoms. The summed E-state index contributed by atoms with van der Waals surface area (Å²) < 4.78 is 16.1. The third-order valence-electron chi connectivity index (χ3n) is 6.43. The molecule has 3 aliphatic rings. The minimum atomic E-state index is -1.41. The van der Waals surface area contributed by atoms with E-state index in [9.17, 15) is 19.5 Å². The number of methoxy groups -OCH3 is 1. The van der Waals surface area contributed by atoms with E-state index in [0.29, 0.717) is 36.0 Å². The second-order valence-electron chi connectivity index (χ2n) is 8.25. The molecule has 2 fully saturated rings. The summed E-state index contributed by atoms with van der Waals surface area (Å²) in [6, 6.07) is 10.6. The van der Waals surface area contributed by atoms with Gasteiger partial charge in [-0.3, -0.25) is 19.7 Å². The third-order valence-corrected chi connectivity index (χ3v) is 6.43. The Morgan fingerprint density at radius 2 is 1.78 bits per heavy atom. The van der Waals surface area contributed by atoms with Crippen LogP contribution in [0, 0.1) is 11.8 Å². The van der Waals surface area contributed by atoms with Crippen molar-refractivity contribution in [3.05, 3.63) is 48.0 Å². The number of fused-ring (bicyclic) bond motifs is 2. The number of imide groups is 1. The second-order valence-corrected chi connectivity index (χ2v) is 8.25. The van der Waals surface area contributed by atoms with E-state index in [2.05, 4.69) is 5.32 Å². The van der Waals surface area contributed by atoms with Gasteiger partial charge in [0.15, 0.2) is 11.5 Å². The molecule has 0 radical (unpaired) electrons. The summed E-state index contributed by atoms with van der Waals surface area (Å²) >= 11 is 0. The van der Waals surface area contributed by atoms with Crippen LogP contribution in [0.25, 0.3) is 0 Å². The van der Waals surface area contributed by atoms with Crippen molar-refractivity contribution in [2.45, 2.75) is 18.5 Å². The zero-order valence-corrected chi connectivity index (χ0v) is 17.5. The van der Waals surface area contributed by atoms with Crippen LogP contribution < -0.4 is 19.7 Å². The van der Waals surface area contributed by atoms with Crippen LogP contribution in [0.15, 0.2) is 42.5 Å². The number of esters is 1. The monoisotopic (exact) mass is 438 g/mol. The van der Waals surface area contributed by atoms with Crippen molar-refractivity contribution in [1.82, 2.24) is 5.32 Å². The summed E-state index contributed by atoms with van der Waals surface area (Å²) in [5.41, 5.74) is -0.372. The molecular formula is C23H22N2O7. The number of hydrogen-bond acceptors (Lipinski definition) is 8. The highest BCUT2D eigenvalue weighted by Gasteiger charge is 2.67. The molecule has 2 amide bonds. The predicted octanol–water partition coefficient (Wildman–Crippen LogP) is 1.55. The predicted molar refractivity (Wildman–Crippen MR) is 111 cm³/mol. The fourth-order valence-electron chi connectivity index (χ4n) is 4.93. The molecule has 0 saturated carbocycles. The Morgan fingerprint density at radius 1 is 1.09 bits per heavy atom. The topological polar surface area (TPSA) is 114 Å². The molecule has 166 valence electrons. The number of hydrogen-bond donors (Lipinski definition) is 2. The van der Waals surface area contributed by atoms with E-state index >= 15 is 0 Å². The van der Waals surface area contributed by atoms with Crippen molar-refractivity contribution in [3.8, 4) is 17.2 Å². The molecular weight excluding hydrogens is 416 g/mol. The second kappa shape index (κ2) is 7.23. The van der Waals surface area contributed by atoms with E-state index in [1.54, 1.807) is 37.3 Å². The number of aromatic hydroxyl groups is 1. The van der Waals surface area contributed by atoms with Gasteiger partial charge in [0.1, 0.15) is 24.5 Å². The fraction of sp³-hybridized carbons (Fsp3) is 0.348. The summed E-state index contributed by atoms with van der Waals surface area (Å²) in [4.78, 5) is 41.1. The van der Waals surface area contributed by atoms with Crippen LogP contribution in [-0.4, -0.2) is 48.8 Å². The highest BCUT2D eigenvalue weighted by atomic mass is 16.6. The molecule has 0 bridgehead atoms. The smallest absolute Gasteiger partial charge is 0.326 e. The van der Waals surface area contributed by atoms with Crippen LogP contribution in [0.4, 0.5) is 5.69 Å². The molecule has 9 heteroatoms. The molecule has 0 aromatic heterocycles. The van der Waals surface area contributed by atoms with E-state index in [1.807, 2.05) is 0 Å². The van der Waals surface area contributed by atoms with Gasteiger partial charge in [-0.15, -0.1) is 0 Å². The van der Waals surface area contributed by atoms with Gasteiger partial charge in [-0.2, -0.15) is 0 Å². The zero-order chi connectivity index (χ0) is 22.6. The van der Waals surface area contributed by atoms with Gasteiger partial charge >= 0.3 is 5.97 Å². The minimum absolute atomic E-state index is 0.0748. The third kappa shape index (κ3) is 2.85. The van der Waals surface area contributed by atoms with Gasteiger partial charge in [-0.05, 0) is 36.8 Å². The summed E-state index contributed by atoms with van der Waals surface area (Å²) in [7, 11) is 1.25. The molecule has 0 unspecified atom stereocenters. The number of nitrogens with zero attached hydrogens (tertiary/aromatic N) is 1. The lowest BCUT2D eigenvalue weighted by molar-refractivity contribution is -0.151. The first-order valence-electron chi connectivity index (χ1n) is 10.3. The summed E-state index contributed by atoms with van der Waals surface area (Å²) in [5.74, 6) is -2.26. The average molecular weight is 438 g/mol. The molecule has 2 aromatic rings. The van der Waals surface area contributed by atoms with E-state index in [-0.39, 0.29) is 5.75 Å². The molecule has 3 aliphatic heterocycles. The number of phenols is 1. The molecule has 9 nitrogen and oxygen atoms in total. The Hall–Kier alpha value is -3.59. The molecule has 2 aromatic carbocycles. The fourth-order valence-corrected chi connectivity index (χ4v) is 4.93. The van der Waals surface area contributed by atoms with E-state index in [0.717, 1.165) is 4.90 Å². The van der Waals surface area contributed by atoms with Gasteiger partial charge in [0.2, 0.25) is 11.8 Å². The SMILES string of the molecule is COC(=O)[C@]1(C)N[C@@H](c2ccc(O)cc2)[C@H]2C(=O)N(c3ccc4c(c3)OCCO4)C(=O)[C@H]21. The van der Waals surface area contributed by atoms with Crippen molar-refractivity contribution in [1.29, 1.82) is 0 Å². The number of amides is 2. The average Bonchev–Trinajstić information content (AvgIpc) is 3.26. The molecule has 2 saturated heterocycles. The lowest BCUT2D eigenvalue weighted by Gasteiger charge is -2.29. The lowest BCUT2D eigenvalue weighted by atomic mass is 9.80. The van der Waals surface area contributed by atoms with Crippen LogP contribution in [0.1, 0.15) is 18.5 Å². The van der Waals surface area contributed by atoms with Crippen molar-refractivity contribution >= 4 is 23.5 Å². The van der Waals surface area contributed by atoms with Gasteiger partial charge in [0.25, 0.3) is 0 Å². The van der Waals surface area contributed by atoms with Crippen LogP contribution >= 0.6 is 0 Å². The number of carbonyl (C=O) groups is 3. The number of benzene rings is 2. The first-order chi connectivity index (χ1) is 15.3. The maximum absolute atomic E-state index is 13.6. The van der Waals surface area contributed by atoms with Crippen molar-refractivity contribution in [2.24, 2.45) is 11.8 Å². The maximum atomic E-state index is 13.6. The number of nitrogens with one attached hydrogen (secondary N) is 1. The van der Waals surface area contributed by atoms with Crippen LogP contribution in [0.2, 0.25) is 0 Å². The van der Waals surface area contributed by atoms with Crippen LogP contribution in [0.3, 0.4) is 0 Å². The van der Waals surface area contributed by atoms with E-state index in [4.69, 9.17) is 14.2 Å². The summed E-state index contributed by atoms with van der Waals surface area (Å²) in [5, 5.41) is 12.8. The number of phenolic OH excluding ortho intramolecular Hbond substituents is 1. The number of rotatable bonds is 3. The minimum Gasteiger partial charge on any atom is -0.508 e. The maximum Gasteiger partial charge on any atom is 0.326 e. The van der Waals surface area contributed by atoms with Crippen molar-refractivity contribution < 1.29 is 33.7 Å². The van der Waals surface area contributed by atoms with Gasteiger partial charge in [0.05, 0.1) is 24.6 Å². The van der Waals surface area contributed by atoms with Gasteiger partial charge < -0.3 is 19.3 Å². The van der Waals surface area contributed by atoms with Gasteiger partial charge in [-0.25, -0.2) is 4.90 Å². The van der Waals surface area contributed by atoms with Crippen LogP contribution in [-0.2, 0) is 19.1 Å². The molecule has 32 heavy (non-hydrogen) atoms. The molecule has 5 rings (SSSR count). The Labute approximate surface area is 183 Å². The van der Waals surface area contributed by atoms with E-state index in [1.165, 1.54) is 19.2 Å². The summed E-state index contributed by atoms with van der Waals surface area (Å²) in [6.45, 7) is 2.38. The Kier molecular flexibility index (Phi) is 4.59. The Bertz CT molecular complexity index is 1120. The van der Waals surface area contributed by atoms with Crippen molar-refractivity contribution in [3.63, 3.8) is 0 Å². The van der Waals surface area contributed by atoms with Gasteiger partial charge in [-0.1, -0.05) is 12.1 Å². The first-order valence-corrected chi connectivity index (χ1v) is 10.3. The first kappa shape index (κ1) is 20.3. The molecule has 0 aliphatic carbocycles. The van der Waals surface area contributed by atoms with Crippen LogP contribution in [0.5, 0.6) is 17.2 Å². The highest BCUT2D eigenvalue weighted by Crippen LogP contribution is 2.50. The number of carbonyl (C=O) groups excluding carboxylic acids is 3. The highest BCUT2D eigenvalue weighted by molar-refractivity contribution is 6.24. The summed E-state index contributed by atoms with van der Waals surface area (Å²) in [6.07, 6.45) is 0. The van der Waals surface area contributed by atoms with E-state index < -0.39 is 41.2 Å². The lowest BCUT2D eigenvalue weighted by Crippen LogP contribution is -2.54. The molecule has 3 heterocycles. The van der Waals surface area contributed by atoms with Crippen molar-refractivity contribution in [2.75, 3.05) is 25.2 Å². The Balaban J connectivity index is 1.58. The number of ether oxygens (including phenoxy) is 3. The quantitative estimate of drug-likeness (QED) is 0.548. The molecule has 4 atom stereocenters. The zero-order valence-electron chi connectivity index (χ0n) is 17.5. The number of anilines is 1. The standard InChI is InChI=1S/C23H22N2O7/c1-23(22(29)30-2)18-17(19(24-23)12-3-6-14(26)7-4-12)20(27)25(21(18)28)13-5-8-15-16(11-13)32-10-9-31-15/h3-8,11,17-19,24,26H,9-10H2,1-2H3/t17-,18-,19-,23+/m0/s1. The van der Waals surface area contributed by atoms with Gasteiger partial charge in [0, 0.05) is 12.1 Å². The molecule has 2 N–H and O–H groups in total. The largest absolute Gasteiger partial charge is 0.508 e. The normalized spacial score (nSPS) is 28.6.